The van der Waals surface area contributed by atoms with Crippen molar-refractivity contribution in [2.24, 2.45) is 11.7 Å². The average molecular weight is 575 g/mol. The van der Waals surface area contributed by atoms with Crippen LogP contribution < -0.4 is 21.7 Å². The van der Waals surface area contributed by atoms with Crippen LogP contribution in [-0.2, 0) is 32.0 Å². The van der Waals surface area contributed by atoms with E-state index in [0.29, 0.717) is 6.42 Å². The number of nitrogens with two attached hydrogens (primary N) is 1. The molecule has 0 aliphatic carbocycles. The molecule has 5 atom stereocenters. The Morgan fingerprint density at radius 3 is 1.79 bits per heavy atom. The molecule has 3 amide bonds. The van der Waals surface area contributed by atoms with Crippen molar-refractivity contribution < 1.29 is 24.3 Å². The minimum absolute atomic E-state index is 0.0541. The van der Waals surface area contributed by atoms with Gasteiger partial charge < -0.3 is 36.8 Å². The Morgan fingerprint density at radius 2 is 1.26 bits per heavy atom. The number of benzene rings is 2. The van der Waals surface area contributed by atoms with Crippen molar-refractivity contribution in [3.8, 4) is 0 Å². The van der Waals surface area contributed by atoms with E-state index in [0.717, 1.165) is 32.9 Å². The number of H-pyrrole nitrogens is 2. The number of hydrogen-bond acceptors (Lipinski definition) is 5. The van der Waals surface area contributed by atoms with Gasteiger partial charge >= 0.3 is 5.97 Å². The van der Waals surface area contributed by atoms with Gasteiger partial charge in [-0.15, -0.1) is 0 Å². The van der Waals surface area contributed by atoms with Gasteiger partial charge in [-0.3, -0.25) is 14.4 Å². The van der Waals surface area contributed by atoms with Crippen LogP contribution in [0.15, 0.2) is 60.9 Å². The molecular weight excluding hydrogens is 536 g/mol. The molecule has 4 rings (SSSR count). The molecule has 2 aromatic carbocycles. The van der Waals surface area contributed by atoms with Gasteiger partial charge in [-0.05, 0) is 36.1 Å². The van der Waals surface area contributed by atoms with Crippen molar-refractivity contribution in [3.63, 3.8) is 0 Å². The van der Waals surface area contributed by atoms with Crippen molar-refractivity contribution >= 4 is 45.5 Å². The maximum Gasteiger partial charge on any atom is 0.326 e. The number of amides is 3. The van der Waals surface area contributed by atoms with Gasteiger partial charge in [-0.1, -0.05) is 56.7 Å². The molecule has 2 heterocycles. The predicted molar refractivity (Wildman–Crippen MR) is 161 cm³/mol. The standard InChI is InChI=1S/C31H38N6O5/c1-4-17(2)27(32)30(40)36-25(13-19-15-33-23-11-7-5-9-21(19)23)29(39)35-18(3)28(38)37-26(31(41)42)14-20-16-34-24-12-8-6-10-22(20)24/h5-12,15-18,25-27,33-34H,4,13-14,32H2,1-3H3,(H,35,39)(H,36,40)(H,37,38)(H,41,42). The summed E-state index contributed by atoms with van der Waals surface area (Å²) in [5.41, 5.74) is 9.44. The highest BCUT2D eigenvalue weighted by atomic mass is 16.4. The minimum Gasteiger partial charge on any atom is -0.480 e. The van der Waals surface area contributed by atoms with Crippen LogP contribution in [0.5, 0.6) is 0 Å². The van der Waals surface area contributed by atoms with Crippen LogP contribution in [0.3, 0.4) is 0 Å². The number of fused-ring (bicyclic) bond motifs is 2. The average Bonchev–Trinajstić information content (AvgIpc) is 3.59. The van der Waals surface area contributed by atoms with Crippen LogP contribution in [0.25, 0.3) is 21.8 Å². The fraction of sp³-hybridized carbons (Fsp3) is 0.355. The van der Waals surface area contributed by atoms with Crippen molar-refractivity contribution in [2.75, 3.05) is 0 Å². The normalized spacial score (nSPS) is 15.0. The zero-order chi connectivity index (χ0) is 30.4. The molecule has 0 spiro atoms. The fourth-order valence-electron chi connectivity index (χ4n) is 4.91. The Balaban J connectivity index is 1.47. The Labute approximate surface area is 243 Å². The molecule has 0 radical (unpaired) electrons. The van der Waals surface area contributed by atoms with Gasteiger partial charge in [-0.25, -0.2) is 4.79 Å². The summed E-state index contributed by atoms with van der Waals surface area (Å²) in [6, 6.07) is 11.0. The number of rotatable bonds is 13. The molecule has 0 saturated carbocycles. The second-order valence-electron chi connectivity index (χ2n) is 10.7. The maximum atomic E-state index is 13.5. The number of aliphatic carboxylic acids is 1. The van der Waals surface area contributed by atoms with Crippen LogP contribution in [0.4, 0.5) is 0 Å². The van der Waals surface area contributed by atoms with E-state index in [1.165, 1.54) is 6.92 Å². The molecular formula is C31H38N6O5. The molecule has 11 nitrogen and oxygen atoms in total. The van der Waals surface area contributed by atoms with E-state index in [-0.39, 0.29) is 18.8 Å². The summed E-state index contributed by atoms with van der Waals surface area (Å²) in [6.07, 6.45) is 4.40. The quantitative estimate of drug-likeness (QED) is 0.129. The third-order valence-electron chi connectivity index (χ3n) is 7.76. The van der Waals surface area contributed by atoms with Gasteiger partial charge in [0.1, 0.15) is 18.1 Å². The summed E-state index contributed by atoms with van der Waals surface area (Å²) in [5.74, 6) is -3.02. The summed E-state index contributed by atoms with van der Waals surface area (Å²) in [5, 5.41) is 19.5. The zero-order valence-electron chi connectivity index (χ0n) is 23.9. The molecule has 42 heavy (non-hydrogen) atoms. The lowest BCUT2D eigenvalue weighted by Crippen LogP contribution is -2.57. The first kappa shape index (κ1) is 30.3. The molecule has 0 fully saturated rings. The predicted octanol–water partition coefficient (Wildman–Crippen LogP) is 2.37. The van der Waals surface area contributed by atoms with E-state index in [1.807, 2.05) is 62.4 Å². The Hall–Kier alpha value is -4.64. The first-order chi connectivity index (χ1) is 20.1. The molecule has 4 aromatic rings. The molecule has 222 valence electrons. The Kier molecular flexibility index (Phi) is 9.64. The van der Waals surface area contributed by atoms with Crippen molar-refractivity contribution in [2.45, 2.75) is 64.2 Å². The SMILES string of the molecule is CCC(C)C(N)C(=O)NC(Cc1c[nH]c2ccccc12)C(=O)NC(C)C(=O)NC(Cc1c[nH]c2ccccc12)C(=O)O. The van der Waals surface area contributed by atoms with E-state index in [2.05, 4.69) is 25.9 Å². The second-order valence-corrected chi connectivity index (χ2v) is 10.7. The zero-order valence-corrected chi connectivity index (χ0v) is 23.9. The molecule has 11 heteroatoms. The number of hydrogen-bond donors (Lipinski definition) is 7. The number of carboxylic acid groups (broad SMARTS) is 1. The number of carbonyl (C=O) groups is 4. The number of para-hydroxylation sites is 2. The Morgan fingerprint density at radius 1 is 0.762 bits per heavy atom. The lowest BCUT2D eigenvalue weighted by Gasteiger charge is -2.25. The topological polar surface area (TPSA) is 182 Å². The van der Waals surface area contributed by atoms with Gasteiger partial charge in [-0.2, -0.15) is 0 Å². The fourth-order valence-corrected chi connectivity index (χ4v) is 4.91. The summed E-state index contributed by atoms with van der Waals surface area (Å²) < 4.78 is 0. The summed E-state index contributed by atoms with van der Waals surface area (Å²) >= 11 is 0. The van der Waals surface area contributed by atoms with E-state index in [1.54, 1.807) is 12.4 Å². The van der Waals surface area contributed by atoms with Crippen molar-refractivity contribution in [1.29, 1.82) is 0 Å². The number of aromatic nitrogens is 2. The molecule has 0 aliphatic heterocycles. The first-order valence-electron chi connectivity index (χ1n) is 14.1. The first-order valence-corrected chi connectivity index (χ1v) is 14.1. The number of carbonyl (C=O) groups excluding carboxylic acids is 3. The van der Waals surface area contributed by atoms with Crippen LogP contribution in [0, 0.1) is 5.92 Å². The number of carboxylic acids is 1. The van der Waals surface area contributed by atoms with Gasteiger partial charge in [0.2, 0.25) is 17.7 Å². The lowest BCUT2D eigenvalue weighted by atomic mass is 9.98. The van der Waals surface area contributed by atoms with E-state index in [9.17, 15) is 24.3 Å². The largest absolute Gasteiger partial charge is 0.480 e. The maximum absolute atomic E-state index is 13.5. The summed E-state index contributed by atoms with van der Waals surface area (Å²) in [6.45, 7) is 5.25. The van der Waals surface area contributed by atoms with E-state index >= 15 is 0 Å². The highest BCUT2D eigenvalue weighted by molar-refractivity contribution is 5.95. The second kappa shape index (κ2) is 13.3. The lowest BCUT2D eigenvalue weighted by molar-refractivity contribution is -0.142. The van der Waals surface area contributed by atoms with Crippen LogP contribution in [-0.4, -0.2) is 62.9 Å². The molecule has 5 unspecified atom stereocenters. The molecule has 2 aromatic heterocycles. The van der Waals surface area contributed by atoms with Crippen molar-refractivity contribution in [3.05, 3.63) is 72.1 Å². The monoisotopic (exact) mass is 574 g/mol. The van der Waals surface area contributed by atoms with Crippen LogP contribution >= 0.6 is 0 Å². The molecule has 0 aliphatic rings. The highest BCUT2D eigenvalue weighted by Crippen LogP contribution is 2.20. The van der Waals surface area contributed by atoms with Gasteiger partial charge in [0, 0.05) is 47.0 Å². The smallest absolute Gasteiger partial charge is 0.326 e. The van der Waals surface area contributed by atoms with Crippen LogP contribution in [0.2, 0.25) is 0 Å². The number of nitrogens with one attached hydrogen (secondary N) is 5. The minimum atomic E-state index is -1.22. The number of aromatic amines is 2. The van der Waals surface area contributed by atoms with E-state index < -0.39 is 47.9 Å². The summed E-state index contributed by atoms with van der Waals surface area (Å²) in [4.78, 5) is 57.8. The van der Waals surface area contributed by atoms with Gasteiger partial charge in [0.05, 0.1) is 6.04 Å². The van der Waals surface area contributed by atoms with Gasteiger partial charge in [0.15, 0.2) is 0 Å². The summed E-state index contributed by atoms with van der Waals surface area (Å²) in [7, 11) is 0. The third-order valence-corrected chi connectivity index (χ3v) is 7.76. The van der Waals surface area contributed by atoms with Gasteiger partial charge in [0.25, 0.3) is 0 Å². The van der Waals surface area contributed by atoms with Crippen molar-refractivity contribution in [1.82, 2.24) is 25.9 Å². The molecule has 8 N–H and O–H groups in total. The van der Waals surface area contributed by atoms with E-state index in [4.69, 9.17) is 5.73 Å². The molecule has 0 saturated heterocycles. The highest BCUT2D eigenvalue weighted by Gasteiger charge is 2.30. The Bertz CT molecular complexity index is 1580. The van der Waals surface area contributed by atoms with Crippen LogP contribution in [0.1, 0.15) is 38.3 Å². The third kappa shape index (κ3) is 6.98. The molecule has 0 bridgehead atoms.